The molecule has 0 unspecified atom stereocenters. The molecule has 0 aliphatic heterocycles. The van der Waals surface area contributed by atoms with Crippen molar-refractivity contribution in [1.29, 1.82) is 0 Å². The van der Waals surface area contributed by atoms with E-state index in [0.29, 0.717) is 0 Å². The van der Waals surface area contributed by atoms with Crippen LogP contribution in [0.4, 0.5) is 0 Å². The summed E-state index contributed by atoms with van der Waals surface area (Å²) in [5, 5.41) is 0.813. The molecule has 1 aromatic rings. The van der Waals surface area contributed by atoms with Crippen molar-refractivity contribution >= 4 is 23.4 Å². The van der Waals surface area contributed by atoms with Gasteiger partial charge in [-0.2, -0.15) is 4.57 Å². The van der Waals surface area contributed by atoms with Gasteiger partial charge in [0.15, 0.2) is 18.3 Å². The summed E-state index contributed by atoms with van der Waals surface area (Å²) >= 11 is 7.91. The van der Waals surface area contributed by atoms with Gasteiger partial charge in [0.25, 0.3) is 0 Å². The minimum atomic E-state index is 0. The van der Waals surface area contributed by atoms with Gasteiger partial charge in [-0.1, -0.05) is 62.4 Å². The van der Waals surface area contributed by atoms with Crippen LogP contribution in [0.3, 0.4) is 0 Å². The molecule has 0 saturated heterocycles. The van der Waals surface area contributed by atoms with Gasteiger partial charge in [0.1, 0.15) is 5.02 Å². The Morgan fingerprint density at radius 1 is 1.17 bits per heavy atom. The minimum Gasteiger partial charge on any atom is -1.00 e. The fourth-order valence-electron chi connectivity index (χ4n) is 1.72. The summed E-state index contributed by atoms with van der Waals surface area (Å²) in [4.78, 5) is 0. The Morgan fingerprint density at radius 3 is 2.61 bits per heavy atom. The topological polar surface area (TPSA) is 3.88 Å². The number of halogens is 2. The first-order valence-electron chi connectivity index (χ1n) is 6.55. The van der Waals surface area contributed by atoms with Crippen LogP contribution in [0.5, 0.6) is 0 Å². The molecule has 1 aromatic heterocycles. The van der Waals surface area contributed by atoms with E-state index in [9.17, 15) is 0 Å². The maximum atomic E-state index is 5.93. The number of rotatable bonds is 9. The highest BCUT2D eigenvalue weighted by molar-refractivity contribution is 7.98. The second-order valence-corrected chi connectivity index (χ2v) is 5.85. The molecule has 0 saturated carbocycles. The Labute approximate surface area is 127 Å². The van der Waals surface area contributed by atoms with Gasteiger partial charge in [0, 0.05) is 6.07 Å². The van der Waals surface area contributed by atoms with E-state index in [1.807, 2.05) is 30.1 Å². The second-order valence-electron chi connectivity index (χ2n) is 4.34. The molecule has 104 valence electrons. The van der Waals surface area contributed by atoms with E-state index in [4.69, 9.17) is 11.6 Å². The van der Waals surface area contributed by atoms with Gasteiger partial charge in [0.2, 0.25) is 0 Å². The number of pyridine rings is 1. The Hall–Kier alpha value is 0.0800. The van der Waals surface area contributed by atoms with Gasteiger partial charge in [-0.05, 0) is 18.2 Å². The minimum absolute atomic E-state index is 0. The van der Waals surface area contributed by atoms with Gasteiger partial charge in [-0.15, -0.1) is 0 Å². The molecule has 0 aliphatic carbocycles. The van der Waals surface area contributed by atoms with E-state index in [0.717, 1.165) is 10.9 Å². The van der Waals surface area contributed by atoms with Crippen LogP contribution in [0.2, 0.25) is 5.02 Å². The zero-order valence-corrected chi connectivity index (χ0v) is 13.4. The molecule has 1 nitrogen and oxygen atoms in total. The van der Waals surface area contributed by atoms with Crippen molar-refractivity contribution in [3.8, 4) is 0 Å². The van der Waals surface area contributed by atoms with Crippen LogP contribution in [0.15, 0.2) is 24.5 Å². The number of thioether (sulfide) groups is 1. The molecule has 0 spiro atoms. The highest BCUT2D eigenvalue weighted by atomic mass is 35.5. The quantitative estimate of drug-likeness (QED) is 0.496. The molecule has 0 atom stereocenters. The van der Waals surface area contributed by atoms with Crippen molar-refractivity contribution in [2.45, 2.75) is 51.3 Å². The standard InChI is InChI=1S/C14H23ClNS.ClH/c1-2-3-4-5-6-7-11-17-13-16-10-8-9-14(15)12-16;/h8-10,12H,2-7,11,13H2,1H3;1H/q+1;/p-1. The van der Waals surface area contributed by atoms with E-state index in [-0.39, 0.29) is 12.4 Å². The zero-order valence-electron chi connectivity index (χ0n) is 11.1. The van der Waals surface area contributed by atoms with Crippen LogP contribution in [-0.4, -0.2) is 5.75 Å². The number of hydrogen-bond donors (Lipinski definition) is 0. The van der Waals surface area contributed by atoms with Crippen LogP contribution in [0.1, 0.15) is 45.4 Å². The van der Waals surface area contributed by atoms with Gasteiger partial charge in [-0.25, -0.2) is 0 Å². The lowest BCUT2D eigenvalue weighted by atomic mass is 10.1. The summed E-state index contributed by atoms with van der Waals surface area (Å²) in [7, 11) is 0. The lowest BCUT2D eigenvalue weighted by Gasteiger charge is -2.00. The maximum absolute atomic E-state index is 5.93. The summed E-state index contributed by atoms with van der Waals surface area (Å²) in [6.07, 6.45) is 12.3. The number of hydrogen-bond acceptors (Lipinski definition) is 1. The molecule has 0 fully saturated rings. The lowest BCUT2D eigenvalue weighted by Crippen LogP contribution is -3.00. The van der Waals surface area contributed by atoms with Crippen molar-refractivity contribution in [1.82, 2.24) is 0 Å². The number of aromatic nitrogens is 1. The van der Waals surface area contributed by atoms with Crippen molar-refractivity contribution in [3.05, 3.63) is 29.5 Å². The molecular formula is C14H23Cl2NS. The SMILES string of the molecule is CCCCCCCCSC[n+]1cccc(Cl)c1.[Cl-]. The first-order chi connectivity index (χ1) is 8.33. The molecule has 0 aromatic carbocycles. The molecule has 0 bridgehead atoms. The van der Waals surface area contributed by atoms with Gasteiger partial charge >= 0.3 is 0 Å². The predicted octanol–water partition coefficient (Wildman–Crippen LogP) is 1.68. The summed E-state index contributed by atoms with van der Waals surface area (Å²) in [6.45, 7) is 2.26. The first kappa shape index (κ1) is 18.1. The molecule has 4 heteroatoms. The Balaban J connectivity index is 0.00000289. The van der Waals surface area contributed by atoms with Gasteiger partial charge in [0.05, 0.1) is 0 Å². The average Bonchev–Trinajstić information content (AvgIpc) is 2.33. The van der Waals surface area contributed by atoms with Crippen LogP contribution in [0.25, 0.3) is 0 Å². The van der Waals surface area contributed by atoms with E-state index < -0.39 is 0 Å². The van der Waals surface area contributed by atoms with E-state index in [1.54, 1.807) is 0 Å². The summed E-state index contributed by atoms with van der Waals surface area (Å²) in [6, 6.07) is 3.91. The van der Waals surface area contributed by atoms with Crippen LogP contribution in [-0.2, 0) is 5.88 Å². The maximum Gasteiger partial charge on any atom is 0.194 e. The van der Waals surface area contributed by atoms with Crippen LogP contribution >= 0.6 is 23.4 Å². The molecule has 0 N–H and O–H groups in total. The van der Waals surface area contributed by atoms with Crippen molar-refractivity contribution in [2.24, 2.45) is 0 Å². The molecule has 1 rings (SSSR count). The smallest absolute Gasteiger partial charge is 0.194 e. The molecule has 0 amide bonds. The fraction of sp³-hybridized carbons (Fsp3) is 0.643. The molecular weight excluding hydrogens is 285 g/mol. The Morgan fingerprint density at radius 2 is 1.89 bits per heavy atom. The third kappa shape index (κ3) is 9.07. The largest absolute Gasteiger partial charge is 1.00 e. The first-order valence-corrected chi connectivity index (χ1v) is 8.08. The van der Waals surface area contributed by atoms with Crippen LogP contribution in [0, 0.1) is 0 Å². The summed E-state index contributed by atoms with van der Waals surface area (Å²) in [5.41, 5.74) is 0. The van der Waals surface area contributed by atoms with E-state index >= 15 is 0 Å². The summed E-state index contributed by atoms with van der Waals surface area (Å²) in [5.74, 6) is 2.27. The predicted molar refractivity (Wildman–Crippen MR) is 77.5 cm³/mol. The van der Waals surface area contributed by atoms with Crippen molar-refractivity contribution < 1.29 is 17.0 Å². The normalized spacial score (nSPS) is 10.1. The number of nitrogens with zero attached hydrogens (tertiary/aromatic N) is 1. The highest BCUT2D eigenvalue weighted by Crippen LogP contribution is 2.10. The Bertz CT molecular complexity index is 308. The monoisotopic (exact) mass is 307 g/mol. The Kier molecular flexibility index (Phi) is 12.2. The van der Waals surface area contributed by atoms with Gasteiger partial charge in [-0.3, -0.25) is 0 Å². The lowest BCUT2D eigenvalue weighted by molar-refractivity contribution is -0.675. The zero-order chi connectivity index (χ0) is 12.3. The second kappa shape index (κ2) is 12.1. The molecule has 1 heterocycles. The third-order valence-corrected chi connectivity index (χ3v) is 3.99. The molecule has 18 heavy (non-hydrogen) atoms. The van der Waals surface area contributed by atoms with Gasteiger partial charge < -0.3 is 12.4 Å². The van der Waals surface area contributed by atoms with Crippen LogP contribution < -0.4 is 17.0 Å². The highest BCUT2D eigenvalue weighted by Gasteiger charge is 2.00. The average molecular weight is 308 g/mol. The molecule has 0 aliphatic rings. The van der Waals surface area contributed by atoms with E-state index in [1.165, 1.54) is 44.3 Å². The number of unbranched alkanes of at least 4 members (excludes halogenated alkanes) is 5. The van der Waals surface area contributed by atoms with Crippen molar-refractivity contribution in [2.75, 3.05) is 5.75 Å². The summed E-state index contributed by atoms with van der Waals surface area (Å²) < 4.78 is 2.14. The molecule has 0 radical (unpaired) electrons. The third-order valence-electron chi connectivity index (χ3n) is 2.70. The fourth-order valence-corrected chi connectivity index (χ4v) is 2.83. The van der Waals surface area contributed by atoms with Crippen molar-refractivity contribution in [3.63, 3.8) is 0 Å². The van der Waals surface area contributed by atoms with E-state index in [2.05, 4.69) is 17.7 Å².